The van der Waals surface area contributed by atoms with Gasteiger partial charge in [-0.2, -0.15) is 0 Å². The number of likely N-dealkylation sites (tertiary alicyclic amines) is 1. The molecule has 2 heterocycles. The van der Waals surface area contributed by atoms with Gasteiger partial charge in [0.1, 0.15) is 23.9 Å². The summed E-state index contributed by atoms with van der Waals surface area (Å²) in [7, 11) is 0. The molecule has 1 amide bonds. The highest BCUT2D eigenvalue weighted by Crippen LogP contribution is 2.27. The number of fused-ring (bicyclic) bond motifs is 1. The lowest BCUT2D eigenvalue weighted by Gasteiger charge is -2.33. The van der Waals surface area contributed by atoms with Crippen molar-refractivity contribution >= 4 is 16.9 Å². The summed E-state index contributed by atoms with van der Waals surface area (Å²) in [6, 6.07) is 25.6. The predicted octanol–water partition coefficient (Wildman–Crippen LogP) is 5.57. The van der Waals surface area contributed by atoms with E-state index in [1.165, 1.54) is 0 Å². The van der Waals surface area contributed by atoms with Gasteiger partial charge in [-0.3, -0.25) is 4.79 Å². The number of rotatable bonds is 8. The number of para-hydroxylation sites is 4. The van der Waals surface area contributed by atoms with Gasteiger partial charge in [-0.25, -0.2) is 4.98 Å². The third-order valence-corrected chi connectivity index (χ3v) is 6.60. The molecule has 1 saturated heterocycles. The van der Waals surface area contributed by atoms with Gasteiger partial charge in [-0.05, 0) is 62.1 Å². The summed E-state index contributed by atoms with van der Waals surface area (Å²) in [6.07, 6.45) is 1.90. The molecule has 4 aromatic rings. The van der Waals surface area contributed by atoms with Crippen LogP contribution in [0, 0.1) is 5.92 Å². The molecule has 0 atom stereocenters. The molecule has 0 unspecified atom stereocenters. The van der Waals surface area contributed by atoms with Gasteiger partial charge in [-0.1, -0.05) is 42.5 Å². The number of amides is 1. The van der Waals surface area contributed by atoms with Crippen molar-refractivity contribution in [3.63, 3.8) is 0 Å². The van der Waals surface area contributed by atoms with E-state index in [-0.39, 0.29) is 5.91 Å². The van der Waals surface area contributed by atoms with E-state index in [1.807, 2.05) is 72.5 Å². The van der Waals surface area contributed by atoms with Crippen LogP contribution in [-0.2, 0) is 13.2 Å². The maximum Gasteiger partial charge on any atom is 0.257 e. The molecule has 1 aromatic heterocycles. The molecule has 180 valence electrons. The fraction of sp³-hybridized carbons (Fsp3) is 0.310. The summed E-state index contributed by atoms with van der Waals surface area (Å²) in [5.41, 5.74) is 2.76. The number of aromatic nitrogens is 2. The van der Waals surface area contributed by atoms with Gasteiger partial charge in [0.2, 0.25) is 0 Å². The van der Waals surface area contributed by atoms with Crippen LogP contribution in [0.15, 0.2) is 78.9 Å². The van der Waals surface area contributed by atoms with Gasteiger partial charge in [-0.15, -0.1) is 0 Å². The van der Waals surface area contributed by atoms with E-state index in [9.17, 15) is 4.79 Å². The Bertz CT molecular complexity index is 1280. The molecule has 1 aliphatic rings. The van der Waals surface area contributed by atoms with Crippen LogP contribution >= 0.6 is 0 Å². The first-order valence-corrected chi connectivity index (χ1v) is 12.4. The first kappa shape index (κ1) is 23.0. The molecule has 0 spiro atoms. The summed E-state index contributed by atoms with van der Waals surface area (Å²) in [6.45, 7) is 5.25. The van der Waals surface area contributed by atoms with Crippen molar-refractivity contribution < 1.29 is 14.3 Å². The average Bonchev–Trinajstić information content (AvgIpc) is 3.26. The lowest BCUT2D eigenvalue weighted by molar-refractivity contribution is 0.0678. The minimum Gasteiger partial charge on any atom is -0.493 e. The first-order chi connectivity index (χ1) is 17.2. The quantitative estimate of drug-likeness (QED) is 0.339. The van der Waals surface area contributed by atoms with E-state index in [1.54, 1.807) is 0 Å². The highest BCUT2D eigenvalue weighted by molar-refractivity contribution is 5.97. The lowest BCUT2D eigenvalue weighted by atomic mass is 9.96. The third-order valence-electron chi connectivity index (χ3n) is 6.60. The lowest BCUT2D eigenvalue weighted by Crippen LogP contribution is -2.39. The van der Waals surface area contributed by atoms with Gasteiger partial charge in [0.25, 0.3) is 5.91 Å². The van der Waals surface area contributed by atoms with Crippen LogP contribution in [0.2, 0.25) is 0 Å². The minimum absolute atomic E-state index is 0.0533. The number of hydrogen-bond acceptors (Lipinski definition) is 4. The fourth-order valence-corrected chi connectivity index (χ4v) is 4.78. The van der Waals surface area contributed by atoms with Crippen LogP contribution < -0.4 is 9.47 Å². The summed E-state index contributed by atoms with van der Waals surface area (Å²) < 4.78 is 14.0. The van der Waals surface area contributed by atoms with Gasteiger partial charge in [0.05, 0.1) is 23.2 Å². The number of nitrogens with zero attached hydrogens (tertiary/aromatic N) is 3. The Morgan fingerprint density at radius 1 is 0.914 bits per heavy atom. The molecule has 0 N–H and O–H groups in total. The van der Waals surface area contributed by atoms with Crippen molar-refractivity contribution in [2.45, 2.75) is 32.9 Å². The van der Waals surface area contributed by atoms with Crippen molar-refractivity contribution in [3.05, 3.63) is 90.3 Å². The van der Waals surface area contributed by atoms with E-state index in [0.29, 0.717) is 30.4 Å². The Kier molecular flexibility index (Phi) is 6.98. The van der Waals surface area contributed by atoms with E-state index in [2.05, 4.69) is 22.8 Å². The van der Waals surface area contributed by atoms with Crippen LogP contribution in [-0.4, -0.2) is 40.1 Å². The van der Waals surface area contributed by atoms with Crippen LogP contribution in [0.1, 0.15) is 35.9 Å². The second kappa shape index (κ2) is 10.6. The molecule has 0 radical (unpaired) electrons. The number of carbonyl (C=O) groups is 1. The third kappa shape index (κ3) is 5.16. The maximum atomic E-state index is 13.2. The monoisotopic (exact) mass is 469 g/mol. The Morgan fingerprint density at radius 3 is 2.43 bits per heavy atom. The molecule has 1 fully saturated rings. The van der Waals surface area contributed by atoms with E-state index in [4.69, 9.17) is 14.5 Å². The number of piperidine rings is 1. The number of carbonyl (C=O) groups excluding carboxylic acids is 1. The van der Waals surface area contributed by atoms with Crippen molar-refractivity contribution in [3.8, 4) is 11.5 Å². The number of hydrogen-bond donors (Lipinski definition) is 0. The van der Waals surface area contributed by atoms with Crippen LogP contribution in [0.4, 0.5) is 0 Å². The van der Waals surface area contributed by atoms with Crippen molar-refractivity contribution in [1.29, 1.82) is 0 Å². The summed E-state index contributed by atoms with van der Waals surface area (Å²) in [5.74, 6) is 2.95. The van der Waals surface area contributed by atoms with Gasteiger partial charge < -0.3 is 18.9 Å². The Labute approximate surface area is 206 Å². The zero-order valence-corrected chi connectivity index (χ0v) is 20.1. The number of imidazole rings is 1. The molecule has 3 aromatic carbocycles. The summed E-state index contributed by atoms with van der Waals surface area (Å²) >= 11 is 0. The summed E-state index contributed by atoms with van der Waals surface area (Å²) in [5, 5.41) is 0. The largest absolute Gasteiger partial charge is 0.493 e. The first-order valence-electron chi connectivity index (χ1n) is 12.4. The van der Waals surface area contributed by atoms with Crippen LogP contribution in [0.3, 0.4) is 0 Å². The predicted molar refractivity (Wildman–Crippen MR) is 137 cm³/mol. The SMILES string of the molecule is CCOc1ccccc1C(=O)N1CCC(Cn2c(COc3ccccc3)nc3ccccc32)CC1. The molecule has 0 bridgehead atoms. The minimum atomic E-state index is 0.0533. The van der Waals surface area contributed by atoms with Crippen molar-refractivity contribution in [2.75, 3.05) is 19.7 Å². The van der Waals surface area contributed by atoms with Crippen molar-refractivity contribution in [2.24, 2.45) is 5.92 Å². The normalized spacial score (nSPS) is 14.3. The average molecular weight is 470 g/mol. The number of benzene rings is 3. The zero-order valence-electron chi connectivity index (χ0n) is 20.1. The molecule has 6 heteroatoms. The zero-order chi connectivity index (χ0) is 24.0. The molecule has 0 aliphatic carbocycles. The Balaban J connectivity index is 1.27. The van der Waals surface area contributed by atoms with Crippen LogP contribution in [0.25, 0.3) is 11.0 Å². The van der Waals surface area contributed by atoms with E-state index < -0.39 is 0 Å². The fourth-order valence-electron chi connectivity index (χ4n) is 4.78. The second-order valence-electron chi connectivity index (χ2n) is 8.89. The molecule has 1 aliphatic heterocycles. The van der Waals surface area contributed by atoms with Gasteiger partial charge in [0, 0.05) is 19.6 Å². The Hall–Kier alpha value is -3.80. The van der Waals surface area contributed by atoms with Gasteiger partial charge >= 0.3 is 0 Å². The highest BCUT2D eigenvalue weighted by atomic mass is 16.5. The molecule has 0 saturated carbocycles. The topological polar surface area (TPSA) is 56.6 Å². The molecule has 6 nitrogen and oxygen atoms in total. The van der Waals surface area contributed by atoms with Gasteiger partial charge in [0.15, 0.2) is 0 Å². The molecule has 5 rings (SSSR count). The van der Waals surface area contributed by atoms with Crippen LogP contribution in [0.5, 0.6) is 11.5 Å². The number of ether oxygens (including phenoxy) is 2. The Morgan fingerprint density at radius 2 is 1.63 bits per heavy atom. The standard InChI is InChI=1S/C29H31N3O3/c1-2-34-27-15-9-6-12-24(27)29(33)31-18-16-22(17-19-31)20-32-26-14-8-7-13-25(26)30-28(32)21-35-23-10-4-3-5-11-23/h3-15,22H,2,16-21H2,1H3. The summed E-state index contributed by atoms with van der Waals surface area (Å²) in [4.78, 5) is 20.0. The molecular weight excluding hydrogens is 438 g/mol. The molecular formula is C29H31N3O3. The second-order valence-corrected chi connectivity index (χ2v) is 8.89. The molecule has 35 heavy (non-hydrogen) atoms. The van der Waals surface area contributed by atoms with Crippen molar-refractivity contribution in [1.82, 2.24) is 14.5 Å². The smallest absolute Gasteiger partial charge is 0.257 e. The highest BCUT2D eigenvalue weighted by Gasteiger charge is 2.26. The van der Waals surface area contributed by atoms with E-state index >= 15 is 0 Å². The van der Waals surface area contributed by atoms with E-state index in [0.717, 1.165) is 55.1 Å². The maximum absolute atomic E-state index is 13.2.